The van der Waals surface area contributed by atoms with Crippen LogP contribution in [0.25, 0.3) is 120 Å². The van der Waals surface area contributed by atoms with Gasteiger partial charge < -0.3 is 0 Å². The van der Waals surface area contributed by atoms with E-state index in [9.17, 15) is 0 Å². The van der Waals surface area contributed by atoms with Crippen molar-refractivity contribution in [2.45, 2.75) is 0 Å². The van der Waals surface area contributed by atoms with E-state index in [0.717, 1.165) is 0 Å². The Morgan fingerprint density at radius 3 is 1.73 bits per heavy atom. The van der Waals surface area contributed by atoms with E-state index in [-0.39, 0.29) is 0 Å². The molecule has 0 saturated carbocycles. The van der Waals surface area contributed by atoms with E-state index in [0.29, 0.717) is 0 Å². The van der Waals surface area contributed by atoms with Gasteiger partial charge in [-0.05, 0) is 145 Å². The number of benzene rings is 10. The Morgan fingerprint density at radius 2 is 0.833 bits per heavy atom. The molecule has 48 heavy (non-hydrogen) atoms. The average Bonchev–Trinajstić information content (AvgIpc) is 3.63. The van der Waals surface area contributed by atoms with Crippen LogP contribution in [0.3, 0.4) is 0 Å². The molecule has 0 fully saturated rings. The lowest BCUT2D eigenvalue weighted by Gasteiger charge is -2.18. The van der Waals surface area contributed by atoms with Gasteiger partial charge in [-0.2, -0.15) is 0 Å². The Bertz CT molecular complexity index is 3080. The van der Waals surface area contributed by atoms with Gasteiger partial charge in [-0.25, -0.2) is 0 Å². The van der Waals surface area contributed by atoms with Crippen molar-refractivity contribution in [2.75, 3.05) is 0 Å². The second kappa shape index (κ2) is 8.76. The quantitative estimate of drug-likeness (QED) is 0.164. The molecular formula is C48H26. The van der Waals surface area contributed by atoms with Crippen molar-refractivity contribution >= 4 is 64.6 Å². The molecule has 0 radical (unpaired) electrons. The topological polar surface area (TPSA) is 0 Å². The smallest absolute Gasteiger partial charge is 0.00134 e. The van der Waals surface area contributed by atoms with Crippen LogP contribution in [0.5, 0.6) is 0 Å². The Balaban J connectivity index is 1.21. The van der Waals surface area contributed by atoms with Gasteiger partial charge in [0.1, 0.15) is 0 Å². The lowest BCUT2D eigenvalue weighted by molar-refractivity contribution is 1.66. The summed E-state index contributed by atoms with van der Waals surface area (Å²) < 4.78 is 0. The van der Waals surface area contributed by atoms with Crippen LogP contribution in [-0.4, -0.2) is 0 Å². The third kappa shape index (κ3) is 3.01. The van der Waals surface area contributed by atoms with Crippen LogP contribution in [0, 0.1) is 0 Å². The highest BCUT2D eigenvalue weighted by molar-refractivity contribution is 6.30. The van der Waals surface area contributed by atoms with Gasteiger partial charge in [0.25, 0.3) is 0 Å². The fourth-order valence-corrected chi connectivity index (χ4v) is 9.30. The van der Waals surface area contributed by atoms with E-state index >= 15 is 0 Å². The number of hydrogen-bond acceptors (Lipinski definition) is 0. The molecule has 0 aliphatic heterocycles. The first-order valence-corrected chi connectivity index (χ1v) is 16.9. The normalized spacial score (nSPS) is 12.6. The van der Waals surface area contributed by atoms with Gasteiger partial charge in [-0.3, -0.25) is 0 Å². The molecule has 10 aromatic rings. The highest BCUT2D eigenvalue weighted by atomic mass is 14.3. The minimum atomic E-state index is 1.26. The van der Waals surface area contributed by atoms with Crippen molar-refractivity contribution in [1.29, 1.82) is 0 Å². The van der Waals surface area contributed by atoms with Crippen molar-refractivity contribution < 1.29 is 0 Å². The minimum absolute atomic E-state index is 1.26. The minimum Gasteiger partial charge on any atom is -0.0622 e. The molecule has 0 saturated heterocycles. The predicted octanol–water partition coefficient (Wildman–Crippen LogP) is 13.6. The van der Waals surface area contributed by atoms with Crippen LogP contribution >= 0.6 is 0 Å². The Labute approximate surface area is 277 Å². The second-order valence-corrected chi connectivity index (χ2v) is 13.6. The lowest BCUT2D eigenvalue weighted by Crippen LogP contribution is -1.91. The zero-order chi connectivity index (χ0) is 31.1. The summed E-state index contributed by atoms with van der Waals surface area (Å²) in [6.45, 7) is 0. The lowest BCUT2D eigenvalue weighted by atomic mass is 9.85. The van der Waals surface area contributed by atoms with E-state index in [4.69, 9.17) is 0 Å². The molecule has 2 aliphatic rings. The first-order valence-electron chi connectivity index (χ1n) is 16.9. The molecule has 10 aromatic carbocycles. The summed E-state index contributed by atoms with van der Waals surface area (Å²) in [7, 11) is 0. The molecule has 0 heteroatoms. The molecule has 218 valence electrons. The van der Waals surface area contributed by atoms with Crippen LogP contribution in [0.2, 0.25) is 0 Å². The molecule has 0 bridgehead atoms. The van der Waals surface area contributed by atoms with Gasteiger partial charge in [0.15, 0.2) is 0 Å². The first kappa shape index (κ1) is 24.9. The Kier molecular flexibility index (Phi) is 4.55. The van der Waals surface area contributed by atoms with Gasteiger partial charge in [0.05, 0.1) is 0 Å². The van der Waals surface area contributed by atoms with Crippen molar-refractivity contribution in [2.24, 2.45) is 0 Å². The average molecular weight is 603 g/mol. The summed E-state index contributed by atoms with van der Waals surface area (Å²) in [5.41, 5.74) is 13.4. The van der Waals surface area contributed by atoms with Gasteiger partial charge >= 0.3 is 0 Å². The summed E-state index contributed by atoms with van der Waals surface area (Å²) in [6, 6.07) is 59.5. The van der Waals surface area contributed by atoms with Crippen LogP contribution < -0.4 is 0 Å². The van der Waals surface area contributed by atoms with Crippen LogP contribution in [0.15, 0.2) is 158 Å². The summed E-state index contributed by atoms with van der Waals surface area (Å²) in [5.74, 6) is 0. The van der Waals surface area contributed by atoms with E-state index in [1.54, 1.807) is 0 Å². The molecular weight excluding hydrogens is 577 g/mol. The maximum Gasteiger partial charge on any atom is -0.00134 e. The largest absolute Gasteiger partial charge is 0.0622 e. The second-order valence-electron chi connectivity index (χ2n) is 13.6. The number of rotatable bonds is 1. The maximum atomic E-state index is 2.48. The zero-order valence-corrected chi connectivity index (χ0v) is 26.0. The van der Waals surface area contributed by atoms with E-state index in [2.05, 4.69) is 158 Å². The molecule has 0 atom stereocenters. The molecule has 0 aromatic heterocycles. The molecule has 0 amide bonds. The van der Waals surface area contributed by atoms with E-state index in [1.807, 2.05) is 0 Å². The summed E-state index contributed by atoms with van der Waals surface area (Å²) >= 11 is 0. The van der Waals surface area contributed by atoms with Crippen LogP contribution in [0.1, 0.15) is 0 Å². The predicted molar refractivity (Wildman–Crippen MR) is 206 cm³/mol. The highest BCUT2D eigenvalue weighted by Gasteiger charge is 2.28. The van der Waals surface area contributed by atoms with Gasteiger partial charge in [-0.15, -0.1) is 0 Å². The third-order valence-corrected chi connectivity index (χ3v) is 11.2. The van der Waals surface area contributed by atoms with Crippen LogP contribution in [0.4, 0.5) is 0 Å². The molecule has 0 N–H and O–H groups in total. The number of fused-ring (bicyclic) bond motifs is 13. The fraction of sp³-hybridized carbons (Fsp3) is 0. The van der Waals surface area contributed by atoms with Gasteiger partial charge in [-0.1, -0.05) is 133 Å². The molecule has 0 heterocycles. The molecule has 0 unspecified atom stereocenters. The molecule has 0 spiro atoms. The van der Waals surface area contributed by atoms with Crippen molar-refractivity contribution in [3.05, 3.63) is 158 Å². The Hall–Kier alpha value is -6.24. The Morgan fingerprint density at radius 1 is 0.229 bits per heavy atom. The van der Waals surface area contributed by atoms with E-state index < -0.39 is 0 Å². The fourth-order valence-electron chi connectivity index (χ4n) is 9.30. The molecule has 12 rings (SSSR count). The summed E-state index contributed by atoms with van der Waals surface area (Å²) in [6.07, 6.45) is 0. The molecule has 0 nitrogen and oxygen atoms in total. The zero-order valence-electron chi connectivity index (χ0n) is 26.0. The van der Waals surface area contributed by atoms with Gasteiger partial charge in [0.2, 0.25) is 0 Å². The van der Waals surface area contributed by atoms with E-state index in [1.165, 1.54) is 120 Å². The van der Waals surface area contributed by atoms with Crippen molar-refractivity contribution in [3.63, 3.8) is 0 Å². The standard InChI is InChI=1S/C48H26/c1-2-9-28(10-3-1)46-45-31(25-42-36-15-6-12-27-13-7-18-38(44(27)36)48(42)46)20-21-33-37(45)22-19-30-23-40-41(26-39(30)33)35-17-8-16-34-32-14-5-4-11-29(32)24-43(40)47(34)35/h1-26H. The van der Waals surface area contributed by atoms with Crippen LogP contribution in [-0.2, 0) is 0 Å². The van der Waals surface area contributed by atoms with Crippen molar-refractivity contribution in [3.8, 4) is 55.6 Å². The summed E-state index contributed by atoms with van der Waals surface area (Å²) in [4.78, 5) is 0. The number of hydrogen-bond donors (Lipinski definition) is 0. The first-order chi connectivity index (χ1) is 23.8. The van der Waals surface area contributed by atoms with Gasteiger partial charge in [0, 0.05) is 0 Å². The van der Waals surface area contributed by atoms with Crippen molar-refractivity contribution in [1.82, 2.24) is 0 Å². The summed E-state index contributed by atoms with van der Waals surface area (Å²) in [5, 5.41) is 15.9. The highest BCUT2D eigenvalue weighted by Crippen LogP contribution is 2.55. The third-order valence-electron chi connectivity index (χ3n) is 11.2. The molecule has 2 aliphatic carbocycles. The maximum absolute atomic E-state index is 2.48. The SMILES string of the molecule is c1ccc(-c2c3c(cc4ccc5c6cc7c(cc6ccc5c24)-c2cc4ccccc4c4cccc-7c24)-c2cccc4cccc-3c24)cc1. The monoisotopic (exact) mass is 602 g/mol.